The monoisotopic (exact) mass is 500 g/mol. The first-order chi connectivity index (χ1) is 18.1. The van der Waals surface area contributed by atoms with Crippen molar-refractivity contribution in [2.45, 2.75) is 19.8 Å². The van der Waals surface area contributed by atoms with E-state index in [1.54, 1.807) is 0 Å². The average Bonchev–Trinajstić information content (AvgIpc) is 2.94. The molecule has 0 saturated carbocycles. The summed E-state index contributed by atoms with van der Waals surface area (Å²) in [6.07, 6.45) is 2.22. The van der Waals surface area contributed by atoms with Crippen molar-refractivity contribution in [3.05, 3.63) is 71.8 Å². The quantitative estimate of drug-likeness (QED) is 0.503. The van der Waals surface area contributed by atoms with Gasteiger partial charge in [-0.15, -0.1) is 0 Å². The molecule has 0 atom stereocenters. The van der Waals surface area contributed by atoms with Crippen LogP contribution in [0.2, 0.25) is 0 Å². The third-order valence-electron chi connectivity index (χ3n) is 7.45. The molecular weight excluding hydrogens is 464 g/mol. The standard InChI is InChI=1S/C30H36N4O3/c1-22-10-13-34(14-11-22)28-9-8-26(21-27(28)30(36)31-12-15-33-16-18-37-19-17-33)32-29(35)25-7-6-23-4-2-3-5-24(23)20-25/h2-9,20-22H,10-19H2,1H3,(H,31,36)(H,32,35). The van der Waals surface area contributed by atoms with Crippen LogP contribution in [0.4, 0.5) is 11.4 Å². The van der Waals surface area contributed by atoms with Gasteiger partial charge in [0.25, 0.3) is 11.8 Å². The van der Waals surface area contributed by atoms with Crippen molar-refractivity contribution in [2.24, 2.45) is 5.92 Å². The molecular formula is C30H36N4O3. The van der Waals surface area contributed by atoms with E-state index >= 15 is 0 Å². The Kier molecular flexibility index (Phi) is 8.02. The number of hydrogen-bond acceptors (Lipinski definition) is 5. The minimum absolute atomic E-state index is 0.108. The van der Waals surface area contributed by atoms with Crippen molar-refractivity contribution >= 4 is 34.0 Å². The predicted molar refractivity (Wildman–Crippen MR) is 149 cm³/mol. The number of amides is 2. The number of ether oxygens (including phenoxy) is 1. The van der Waals surface area contributed by atoms with Crippen molar-refractivity contribution < 1.29 is 14.3 Å². The maximum absolute atomic E-state index is 13.4. The molecule has 0 aliphatic carbocycles. The number of nitrogens with zero attached hydrogens (tertiary/aromatic N) is 2. The fourth-order valence-electron chi connectivity index (χ4n) is 5.10. The maximum Gasteiger partial charge on any atom is 0.255 e. The molecule has 7 heteroatoms. The highest BCUT2D eigenvalue weighted by molar-refractivity contribution is 6.08. The number of carbonyl (C=O) groups excluding carboxylic acids is 2. The third kappa shape index (κ3) is 6.29. The summed E-state index contributed by atoms with van der Waals surface area (Å²) in [4.78, 5) is 31.0. The first kappa shape index (κ1) is 25.2. The van der Waals surface area contributed by atoms with Crippen molar-refractivity contribution in [3.63, 3.8) is 0 Å². The minimum Gasteiger partial charge on any atom is -0.379 e. The van der Waals surface area contributed by atoms with E-state index in [-0.39, 0.29) is 11.8 Å². The van der Waals surface area contributed by atoms with Crippen molar-refractivity contribution in [3.8, 4) is 0 Å². The van der Waals surface area contributed by atoms with Crippen LogP contribution < -0.4 is 15.5 Å². The highest BCUT2D eigenvalue weighted by Gasteiger charge is 2.22. The lowest BCUT2D eigenvalue weighted by Crippen LogP contribution is -2.41. The van der Waals surface area contributed by atoms with E-state index < -0.39 is 0 Å². The number of anilines is 2. The molecule has 0 aromatic heterocycles. The highest BCUT2D eigenvalue weighted by atomic mass is 16.5. The van der Waals surface area contributed by atoms with Crippen LogP contribution in [0.5, 0.6) is 0 Å². The molecule has 3 aromatic rings. The minimum atomic E-state index is -0.191. The molecule has 2 aliphatic rings. The number of morpholine rings is 1. The predicted octanol–water partition coefficient (Wildman–Crippen LogP) is 4.39. The van der Waals surface area contributed by atoms with Crippen LogP contribution in [-0.2, 0) is 4.74 Å². The molecule has 7 nitrogen and oxygen atoms in total. The molecule has 3 aromatic carbocycles. The zero-order valence-electron chi connectivity index (χ0n) is 21.5. The summed E-state index contributed by atoms with van der Waals surface area (Å²) in [6.45, 7) is 8.77. The molecule has 2 saturated heterocycles. The van der Waals surface area contributed by atoms with Crippen molar-refractivity contribution in [1.82, 2.24) is 10.2 Å². The van der Waals surface area contributed by atoms with Crippen LogP contribution in [0.25, 0.3) is 10.8 Å². The van der Waals surface area contributed by atoms with Gasteiger partial charge in [0, 0.05) is 56.2 Å². The molecule has 0 spiro atoms. The summed E-state index contributed by atoms with van der Waals surface area (Å²) in [5.74, 6) is 0.398. The van der Waals surface area contributed by atoms with Crippen LogP contribution >= 0.6 is 0 Å². The average molecular weight is 501 g/mol. The Morgan fingerprint density at radius 3 is 2.43 bits per heavy atom. The summed E-state index contributed by atoms with van der Waals surface area (Å²) in [5, 5.41) is 8.22. The first-order valence-corrected chi connectivity index (χ1v) is 13.3. The molecule has 0 radical (unpaired) electrons. The summed E-state index contributed by atoms with van der Waals surface area (Å²) in [6, 6.07) is 19.4. The maximum atomic E-state index is 13.4. The fraction of sp³-hybridized carbons (Fsp3) is 0.400. The number of nitrogens with one attached hydrogen (secondary N) is 2. The van der Waals surface area contributed by atoms with Gasteiger partial charge in [-0.3, -0.25) is 14.5 Å². The summed E-state index contributed by atoms with van der Waals surface area (Å²) in [7, 11) is 0. The molecule has 194 valence electrons. The Hall–Kier alpha value is -3.42. The number of carbonyl (C=O) groups is 2. The summed E-state index contributed by atoms with van der Waals surface area (Å²) >= 11 is 0. The Morgan fingerprint density at radius 2 is 1.65 bits per heavy atom. The van der Waals surface area contributed by atoms with E-state index in [1.165, 1.54) is 0 Å². The van der Waals surface area contributed by atoms with Crippen LogP contribution in [0, 0.1) is 5.92 Å². The van der Waals surface area contributed by atoms with Crippen LogP contribution in [0.3, 0.4) is 0 Å². The number of piperidine rings is 1. The molecule has 0 unspecified atom stereocenters. The van der Waals surface area contributed by atoms with E-state index in [1.807, 2.05) is 60.7 Å². The SMILES string of the molecule is CC1CCN(c2ccc(NC(=O)c3ccc4ccccc4c3)cc2C(=O)NCCN2CCOCC2)CC1. The Morgan fingerprint density at radius 1 is 0.892 bits per heavy atom. The Bertz CT molecular complexity index is 1250. The van der Waals surface area contributed by atoms with Gasteiger partial charge >= 0.3 is 0 Å². The zero-order chi connectivity index (χ0) is 25.6. The normalized spacial score (nSPS) is 17.1. The van der Waals surface area contributed by atoms with E-state index in [0.29, 0.717) is 29.3 Å². The molecule has 2 N–H and O–H groups in total. The van der Waals surface area contributed by atoms with Crippen molar-refractivity contribution in [1.29, 1.82) is 0 Å². The molecule has 2 heterocycles. The van der Waals surface area contributed by atoms with Gasteiger partial charge in [-0.2, -0.15) is 0 Å². The topological polar surface area (TPSA) is 73.9 Å². The molecule has 5 rings (SSSR count). The van der Waals surface area contributed by atoms with E-state index in [4.69, 9.17) is 4.74 Å². The number of rotatable bonds is 7. The number of benzene rings is 3. The molecule has 0 bridgehead atoms. The van der Waals surface area contributed by atoms with Gasteiger partial charge in [0.1, 0.15) is 0 Å². The fourth-order valence-corrected chi connectivity index (χ4v) is 5.10. The lowest BCUT2D eigenvalue weighted by atomic mass is 9.97. The number of hydrogen-bond donors (Lipinski definition) is 2. The van der Waals surface area contributed by atoms with Gasteiger partial charge in [-0.1, -0.05) is 37.3 Å². The lowest BCUT2D eigenvalue weighted by molar-refractivity contribution is 0.0383. The highest BCUT2D eigenvalue weighted by Crippen LogP contribution is 2.29. The van der Waals surface area contributed by atoms with Crippen LogP contribution in [0.1, 0.15) is 40.5 Å². The van der Waals surface area contributed by atoms with E-state index in [2.05, 4.69) is 27.4 Å². The second kappa shape index (κ2) is 11.8. The second-order valence-corrected chi connectivity index (χ2v) is 10.1. The van der Waals surface area contributed by atoms with Gasteiger partial charge in [0.2, 0.25) is 0 Å². The van der Waals surface area contributed by atoms with E-state index in [9.17, 15) is 9.59 Å². The van der Waals surface area contributed by atoms with Crippen molar-refractivity contribution in [2.75, 3.05) is 62.7 Å². The molecule has 37 heavy (non-hydrogen) atoms. The largest absolute Gasteiger partial charge is 0.379 e. The summed E-state index contributed by atoms with van der Waals surface area (Å²) < 4.78 is 5.42. The smallest absolute Gasteiger partial charge is 0.255 e. The third-order valence-corrected chi connectivity index (χ3v) is 7.45. The second-order valence-electron chi connectivity index (χ2n) is 10.1. The van der Waals surface area contributed by atoms with Gasteiger partial charge in [0.15, 0.2) is 0 Å². The van der Waals surface area contributed by atoms with Crippen LogP contribution in [-0.4, -0.2) is 69.2 Å². The Labute approximate surface area is 218 Å². The van der Waals surface area contributed by atoms with Crippen LogP contribution in [0.15, 0.2) is 60.7 Å². The molecule has 2 aliphatic heterocycles. The molecule has 2 amide bonds. The molecule has 2 fully saturated rings. The zero-order valence-corrected chi connectivity index (χ0v) is 21.5. The van der Waals surface area contributed by atoms with Gasteiger partial charge in [-0.05, 0) is 59.9 Å². The van der Waals surface area contributed by atoms with Gasteiger partial charge < -0.3 is 20.3 Å². The number of fused-ring (bicyclic) bond motifs is 1. The van der Waals surface area contributed by atoms with Gasteiger partial charge in [-0.25, -0.2) is 0 Å². The summed E-state index contributed by atoms with van der Waals surface area (Å²) in [5.41, 5.74) is 2.74. The van der Waals surface area contributed by atoms with Gasteiger partial charge in [0.05, 0.1) is 18.8 Å². The van der Waals surface area contributed by atoms with E-state index in [0.717, 1.165) is 75.2 Å². The Balaban J connectivity index is 1.32. The lowest BCUT2D eigenvalue weighted by Gasteiger charge is -2.33. The first-order valence-electron chi connectivity index (χ1n) is 13.3.